The van der Waals surface area contributed by atoms with Gasteiger partial charge in [-0.1, -0.05) is 6.07 Å². The van der Waals surface area contributed by atoms with Gasteiger partial charge in [0.1, 0.15) is 6.20 Å². The van der Waals surface area contributed by atoms with Crippen molar-refractivity contribution in [1.29, 1.82) is 0 Å². The molecule has 0 unspecified atom stereocenters. The van der Waals surface area contributed by atoms with E-state index in [1.807, 2.05) is 0 Å². The molecular weight excluding hydrogens is 188 g/mol. The number of hydrogen-bond acceptors (Lipinski definition) is 3. The molecule has 0 aliphatic heterocycles. The normalized spacial score (nSPS) is 11.3. The molecule has 0 N–H and O–H groups in total. The van der Waals surface area contributed by atoms with Gasteiger partial charge in [-0.25, -0.2) is 0 Å². The van der Waals surface area contributed by atoms with E-state index in [9.17, 15) is 23.1 Å². The van der Waals surface area contributed by atoms with Crippen molar-refractivity contribution < 1.29 is 17.9 Å². The molecule has 0 aliphatic carbocycles. The molecule has 0 saturated carbocycles. The summed E-state index contributed by atoms with van der Waals surface area (Å²) in [5.41, 5.74) is -1.53. The van der Waals surface area contributed by atoms with Gasteiger partial charge in [0.2, 0.25) is 0 Å². The van der Waals surface area contributed by atoms with Crippen LogP contribution in [0.4, 0.5) is 18.6 Å². The minimum absolute atomic E-state index is 0.455. The maximum atomic E-state index is 12.0. The first-order chi connectivity index (χ1) is 5.91. The van der Waals surface area contributed by atoms with Gasteiger partial charge in [-0.05, 0) is 5.59 Å². The third kappa shape index (κ3) is 2.17. The first kappa shape index (κ1) is 9.49. The highest BCUT2D eigenvalue weighted by Gasteiger charge is 2.27. The smallest absolute Gasteiger partial charge is 0.444 e. The van der Waals surface area contributed by atoms with E-state index in [1.165, 1.54) is 0 Å². The molecule has 0 bridgehead atoms. The zero-order chi connectivity index (χ0) is 10.1. The topological polar surface area (TPSA) is 56.0 Å². The third-order valence-corrected chi connectivity index (χ3v) is 1.32. The minimum Gasteiger partial charge on any atom is -0.444 e. The van der Waals surface area contributed by atoms with Gasteiger partial charge in [-0.15, -0.1) is 0 Å². The van der Waals surface area contributed by atoms with Crippen LogP contribution in [0.5, 0.6) is 0 Å². The highest BCUT2D eigenvalue weighted by atomic mass is 19.4. The van der Waals surface area contributed by atoms with Crippen molar-refractivity contribution in [2.75, 3.05) is 0 Å². The molecular formula is C5H3BF3N2O2-. The molecule has 0 saturated heterocycles. The Bertz CT molecular complexity index is 324. The van der Waals surface area contributed by atoms with Gasteiger partial charge in [-0.3, -0.25) is 15.1 Å². The molecule has 1 aromatic heterocycles. The second kappa shape index (κ2) is 3.04. The van der Waals surface area contributed by atoms with Gasteiger partial charge in [0, 0.05) is 6.07 Å². The quantitative estimate of drug-likeness (QED) is 0.398. The molecule has 0 amide bonds. The fourth-order valence-electron chi connectivity index (χ4n) is 0.699. The molecule has 70 valence electrons. The van der Waals surface area contributed by atoms with Crippen LogP contribution in [0.2, 0.25) is 0 Å². The van der Waals surface area contributed by atoms with E-state index in [0.717, 1.165) is 6.07 Å². The number of nitrogens with zero attached hydrogens (tertiary/aromatic N) is 2. The zero-order valence-corrected chi connectivity index (χ0v) is 6.15. The summed E-state index contributed by atoms with van der Waals surface area (Å²) in [6.07, 6.45) is 0.588. The number of hydrogen-bond donors (Lipinski definition) is 0. The predicted octanol–water partition coefficient (Wildman–Crippen LogP) is 1.04. The van der Waals surface area contributed by atoms with Crippen molar-refractivity contribution in [3.8, 4) is 0 Å². The molecule has 0 aliphatic rings. The summed E-state index contributed by atoms with van der Waals surface area (Å²) in [5, 5.41) is 10.1. The van der Waals surface area contributed by atoms with Crippen LogP contribution in [0.1, 0.15) is 0 Å². The lowest BCUT2D eigenvalue weighted by Crippen LogP contribution is -2.36. The summed E-state index contributed by atoms with van der Waals surface area (Å²) in [4.78, 5) is 12.2. The number of aromatic nitrogens is 1. The highest BCUT2D eigenvalue weighted by Crippen LogP contribution is 2.10. The van der Waals surface area contributed by atoms with Gasteiger partial charge in [-0.2, -0.15) is 0 Å². The fraction of sp³-hybridized carbons (Fsp3) is 0. The van der Waals surface area contributed by atoms with E-state index in [0.29, 0.717) is 12.3 Å². The van der Waals surface area contributed by atoms with Crippen molar-refractivity contribution in [2.45, 2.75) is 0 Å². The standard InChI is InChI=1S/C5H3BF3N2O2/c7-6(8,9)5-2-1-4(3-10-5)11(12)13/h1-3H/q-1. The van der Waals surface area contributed by atoms with Crippen LogP contribution < -0.4 is 5.59 Å². The van der Waals surface area contributed by atoms with Gasteiger partial charge in [0.05, 0.1) is 4.92 Å². The van der Waals surface area contributed by atoms with Crippen molar-refractivity contribution in [3.05, 3.63) is 28.4 Å². The van der Waals surface area contributed by atoms with Crippen molar-refractivity contribution >= 4 is 18.3 Å². The molecule has 1 rings (SSSR count). The number of pyridine rings is 1. The molecule has 8 heteroatoms. The van der Waals surface area contributed by atoms with Crippen LogP contribution in [0.15, 0.2) is 18.3 Å². The summed E-state index contributed by atoms with van der Waals surface area (Å²) in [7, 11) is 0. The van der Waals surface area contributed by atoms with Crippen molar-refractivity contribution in [1.82, 2.24) is 4.98 Å². The van der Waals surface area contributed by atoms with Crippen LogP contribution in [0, 0.1) is 10.1 Å². The summed E-state index contributed by atoms with van der Waals surface area (Å²) in [5.74, 6) is 0. The maximum absolute atomic E-state index is 12.0. The van der Waals surface area contributed by atoms with Crippen LogP contribution in [-0.2, 0) is 0 Å². The zero-order valence-electron chi connectivity index (χ0n) is 6.15. The summed E-state index contributed by atoms with van der Waals surface area (Å²) in [6, 6.07) is 1.37. The first-order valence-electron chi connectivity index (χ1n) is 3.21. The molecule has 0 fully saturated rings. The second-order valence-corrected chi connectivity index (χ2v) is 2.27. The summed E-state index contributed by atoms with van der Waals surface area (Å²) in [6.45, 7) is -5.17. The average Bonchev–Trinajstić information content (AvgIpc) is 2.03. The van der Waals surface area contributed by atoms with Gasteiger partial charge >= 0.3 is 6.98 Å². The Morgan fingerprint density at radius 2 is 2.00 bits per heavy atom. The molecule has 0 atom stereocenters. The number of nitro groups is 1. The molecule has 0 spiro atoms. The van der Waals surface area contributed by atoms with Crippen molar-refractivity contribution in [3.63, 3.8) is 0 Å². The van der Waals surface area contributed by atoms with E-state index in [-0.39, 0.29) is 0 Å². The van der Waals surface area contributed by atoms with E-state index < -0.39 is 23.2 Å². The fourth-order valence-corrected chi connectivity index (χ4v) is 0.699. The van der Waals surface area contributed by atoms with Gasteiger partial charge < -0.3 is 12.9 Å². The summed E-state index contributed by atoms with van der Waals surface area (Å²) >= 11 is 0. The molecule has 13 heavy (non-hydrogen) atoms. The summed E-state index contributed by atoms with van der Waals surface area (Å²) < 4.78 is 35.9. The Balaban J connectivity index is 3.01. The minimum atomic E-state index is -5.17. The maximum Gasteiger partial charge on any atom is 0.527 e. The van der Waals surface area contributed by atoms with Crippen LogP contribution in [0.25, 0.3) is 0 Å². The second-order valence-electron chi connectivity index (χ2n) is 2.27. The number of halogens is 3. The van der Waals surface area contributed by atoms with Crippen LogP contribution in [-0.4, -0.2) is 16.9 Å². The predicted molar refractivity (Wildman–Crippen MR) is 39.6 cm³/mol. The SMILES string of the molecule is O=[N+]([O-])c1ccc([B-](F)(F)F)nc1. The van der Waals surface area contributed by atoms with Crippen LogP contribution >= 0.6 is 0 Å². The molecule has 0 radical (unpaired) electrons. The lowest BCUT2D eigenvalue weighted by atomic mass is 9.86. The Kier molecular flexibility index (Phi) is 2.22. The lowest BCUT2D eigenvalue weighted by Gasteiger charge is -2.11. The largest absolute Gasteiger partial charge is 0.527 e. The van der Waals surface area contributed by atoms with E-state index in [4.69, 9.17) is 0 Å². The highest BCUT2D eigenvalue weighted by molar-refractivity contribution is 6.72. The Morgan fingerprint density at radius 3 is 2.31 bits per heavy atom. The third-order valence-electron chi connectivity index (χ3n) is 1.32. The Labute approximate surface area is 70.6 Å². The number of rotatable bonds is 2. The Hall–Kier alpha value is -1.60. The Morgan fingerprint density at radius 1 is 1.38 bits per heavy atom. The molecule has 0 aromatic carbocycles. The van der Waals surface area contributed by atoms with E-state index in [2.05, 4.69) is 4.98 Å². The van der Waals surface area contributed by atoms with Crippen molar-refractivity contribution in [2.24, 2.45) is 0 Å². The van der Waals surface area contributed by atoms with E-state index >= 15 is 0 Å². The molecule has 4 nitrogen and oxygen atoms in total. The monoisotopic (exact) mass is 191 g/mol. The van der Waals surface area contributed by atoms with Gasteiger partial charge in [0.15, 0.2) is 0 Å². The molecule has 1 aromatic rings. The average molecular weight is 191 g/mol. The van der Waals surface area contributed by atoms with E-state index in [1.54, 1.807) is 0 Å². The lowest BCUT2D eigenvalue weighted by molar-refractivity contribution is -0.385. The first-order valence-corrected chi connectivity index (χ1v) is 3.21. The molecule has 1 heterocycles. The van der Waals surface area contributed by atoms with Crippen LogP contribution in [0.3, 0.4) is 0 Å². The van der Waals surface area contributed by atoms with Gasteiger partial charge in [0.25, 0.3) is 5.69 Å².